The minimum Gasteiger partial charge on any atom is -0.483 e. The maximum atomic E-state index is 13.3. The molecule has 0 aromatic heterocycles. The molecule has 1 aliphatic rings. The lowest BCUT2D eigenvalue weighted by molar-refractivity contribution is -0.136. The van der Waals surface area contributed by atoms with Gasteiger partial charge in [-0.3, -0.25) is 4.79 Å². The first-order valence-electron chi connectivity index (χ1n) is 11.8. The molecule has 1 fully saturated rings. The number of sulfone groups is 1. The molecule has 0 aliphatic carbocycles. The van der Waals surface area contributed by atoms with Crippen LogP contribution in [-0.2, 0) is 21.2 Å². The van der Waals surface area contributed by atoms with E-state index in [9.17, 15) is 13.2 Å². The lowest BCUT2D eigenvalue weighted by atomic mass is 10.0. The Bertz CT molecular complexity index is 1360. The van der Waals surface area contributed by atoms with Crippen LogP contribution >= 0.6 is 23.2 Å². The number of carbonyl (C=O) groups is 1. The lowest BCUT2D eigenvalue weighted by Crippen LogP contribution is -2.43. The zero-order valence-corrected chi connectivity index (χ0v) is 22.9. The van der Waals surface area contributed by atoms with Crippen molar-refractivity contribution in [2.45, 2.75) is 39.8 Å². The monoisotopic (exact) mass is 545 g/mol. The van der Waals surface area contributed by atoms with Crippen LogP contribution in [0.15, 0.2) is 54.6 Å². The van der Waals surface area contributed by atoms with Crippen LogP contribution in [0, 0.1) is 20.8 Å². The van der Waals surface area contributed by atoms with Crippen LogP contribution in [0.3, 0.4) is 0 Å². The second kappa shape index (κ2) is 10.8. The molecule has 3 aromatic rings. The predicted octanol–water partition coefficient (Wildman–Crippen LogP) is 6.18. The Kier molecular flexibility index (Phi) is 7.98. The highest BCUT2D eigenvalue weighted by molar-refractivity contribution is 7.91. The van der Waals surface area contributed by atoms with E-state index >= 15 is 0 Å². The maximum Gasteiger partial charge on any atom is 0.261 e. The van der Waals surface area contributed by atoms with Crippen LogP contribution in [0.25, 0.3) is 11.1 Å². The fourth-order valence-corrected chi connectivity index (χ4v) is 7.01. The summed E-state index contributed by atoms with van der Waals surface area (Å²) in [6, 6.07) is 16.7. The molecule has 1 aliphatic heterocycles. The van der Waals surface area contributed by atoms with Gasteiger partial charge >= 0.3 is 0 Å². The summed E-state index contributed by atoms with van der Waals surface area (Å²) in [6.07, 6.45) is 0.426. The summed E-state index contributed by atoms with van der Waals surface area (Å²) in [6.45, 7) is 6.07. The standard InChI is InChI=1S/C28H29Cl2NO4S/c1-18-12-19(2)28(20(3)13-18)35-16-27(32)31(24-10-11-36(33,34)17-24)15-21-4-6-22(7-5-21)25-9-8-23(29)14-26(25)30/h4-9,12-14,24H,10-11,15-17H2,1-3H3. The molecule has 5 nitrogen and oxygen atoms in total. The number of hydrogen-bond donors (Lipinski definition) is 0. The Balaban J connectivity index is 1.53. The van der Waals surface area contributed by atoms with Gasteiger partial charge in [0.1, 0.15) is 5.75 Å². The van der Waals surface area contributed by atoms with Crippen molar-refractivity contribution < 1.29 is 17.9 Å². The van der Waals surface area contributed by atoms with Crippen molar-refractivity contribution in [3.8, 4) is 16.9 Å². The van der Waals surface area contributed by atoms with E-state index in [0.29, 0.717) is 28.8 Å². The molecule has 190 valence electrons. The minimum absolute atomic E-state index is 0.0280. The van der Waals surface area contributed by atoms with Gasteiger partial charge in [0.15, 0.2) is 16.4 Å². The number of carbonyl (C=O) groups excluding carboxylic acids is 1. The molecule has 8 heteroatoms. The second-order valence-corrected chi connectivity index (χ2v) is 12.5. The van der Waals surface area contributed by atoms with E-state index in [0.717, 1.165) is 33.4 Å². The van der Waals surface area contributed by atoms with Crippen molar-refractivity contribution in [3.05, 3.63) is 86.9 Å². The Morgan fingerprint density at radius 3 is 2.25 bits per heavy atom. The van der Waals surface area contributed by atoms with Crippen LogP contribution in [0.1, 0.15) is 28.7 Å². The van der Waals surface area contributed by atoms with Gasteiger partial charge in [0.05, 0.1) is 11.5 Å². The van der Waals surface area contributed by atoms with Crippen LogP contribution in [0.5, 0.6) is 5.75 Å². The first-order chi connectivity index (χ1) is 17.0. The summed E-state index contributed by atoms with van der Waals surface area (Å²) >= 11 is 12.4. The lowest BCUT2D eigenvalue weighted by Gasteiger charge is -2.29. The summed E-state index contributed by atoms with van der Waals surface area (Å²) in [4.78, 5) is 15.0. The molecule has 0 bridgehead atoms. The van der Waals surface area contributed by atoms with Crippen molar-refractivity contribution >= 4 is 38.9 Å². The van der Waals surface area contributed by atoms with Crippen LogP contribution in [0.2, 0.25) is 10.0 Å². The Morgan fingerprint density at radius 1 is 1.00 bits per heavy atom. The fourth-order valence-electron chi connectivity index (χ4n) is 4.76. The summed E-state index contributed by atoms with van der Waals surface area (Å²) < 4.78 is 30.3. The van der Waals surface area contributed by atoms with Gasteiger partial charge < -0.3 is 9.64 Å². The van der Waals surface area contributed by atoms with Gasteiger partial charge in [-0.15, -0.1) is 0 Å². The topological polar surface area (TPSA) is 63.7 Å². The van der Waals surface area contributed by atoms with Gasteiger partial charge in [0.2, 0.25) is 0 Å². The predicted molar refractivity (Wildman–Crippen MR) is 146 cm³/mol. The van der Waals surface area contributed by atoms with E-state index in [1.165, 1.54) is 0 Å². The number of hydrogen-bond acceptors (Lipinski definition) is 4. The molecule has 1 atom stereocenters. The Hall–Kier alpha value is -2.54. The molecule has 0 spiro atoms. The SMILES string of the molecule is Cc1cc(C)c(OCC(=O)N(Cc2ccc(-c3ccc(Cl)cc3Cl)cc2)C2CCS(=O)(=O)C2)c(C)c1. The molecule has 0 saturated carbocycles. The third-order valence-corrected chi connectivity index (χ3v) is 8.76. The maximum absolute atomic E-state index is 13.3. The zero-order valence-electron chi connectivity index (χ0n) is 20.6. The normalized spacial score (nSPS) is 16.6. The van der Waals surface area contributed by atoms with E-state index in [2.05, 4.69) is 0 Å². The van der Waals surface area contributed by atoms with E-state index in [1.807, 2.05) is 63.2 Å². The van der Waals surface area contributed by atoms with Gasteiger partial charge in [-0.1, -0.05) is 71.2 Å². The molecule has 1 unspecified atom stereocenters. The highest BCUT2D eigenvalue weighted by atomic mass is 35.5. The smallest absolute Gasteiger partial charge is 0.261 e. The quantitative estimate of drug-likeness (QED) is 0.355. The number of amides is 1. The molecule has 1 amide bonds. The van der Waals surface area contributed by atoms with Crippen molar-refractivity contribution in [1.82, 2.24) is 4.90 Å². The van der Waals surface area contributed by atoms with Crippen LogP contribution in [0.4, 0.5) is 0 Å². The zero-order chi connectivity index (χ0) is 26.0. The van der Waals surface area contributed by atoms with Gasteiger partial charge in [-0.25, -0.2) is 8.42 Å². The highest BCUT2D eigenvalue weighted by Crippen LogP contribution is 2.31. The summed E-state index contributed by atoms with van der Waals surface area (Å²) in [5.74, 6) is 0.519. The number of halogens is 2. The first-order valence-corrected chi connectivity index (χ1v) is 14.3. The molecular formula is C28H29Cl2NO4S. The van der Waals surface area contributed by atoms with Crippen LogP contribution in [-0.4, -0.2) is 43.4 Å². The van der Waals surface area contributed by atoms with Gasteiger partial charge in [-0.05, 0) is 61.6 Å². The third-order valence-electron chi connectivity index (χ3n) is 6.46. The molecule has 3 aromatic carbocycles. The average molecular weight is 547 g/mol. The van der Waals surface area contributed by atoms with Crippen molar-refractivity contribution in [1.29, 1.82) is 0 Å². The largest absolute Gasteiger partial charge is 0.483 e. The number of nitrogens with zero attached hydrogens (tertiary/aromatic N) is 1. The number of rotatable bonds is 7. The summed E-state index contributed by atoms with van der Waals surface area (Å²) in [5.41, 5.74) is 5.74. The van der Waals surface area contributed by atoms with E-state index in [4.69, 9.17) is 27.9 Å². The Labute approximate surface area is 222 Å². The summed E-state index contributed by atoms with van der Waals surface area (Å²) in [7, 11) is -3.16. The van der Waals surface area contributed by atoms with Gasteiger partial charge in [-0.2, -0.15) is 0 Å². The van der Waals surface area contributed by atoms with Gasteiger partial charge in [0.25, 0.3) is 5.91 Å². The first kappa shape index (κ1) is 26.5. The fraction of sp³-hybridized carbons (Fsp3) is 0.321. The minimum atomic E-state index is -3.16. The van der Waals surface area contributed by atoms with E-state index in [1.54, 1.807) is 17.0 Å². The average Bonchev–Trinajstić information content (AvgIpc) is 3.16. The van der Waals surface area contributed by atoms with Crippen molar-refractivity contribution in [2.24, 2.45) is 0 Å². The number of aryl methyl sites for hydroxylation is 3. The molecule has 36 heavy (non-hydrogen) atoms. The third kappa shape index (κ3) is 6.23. The van der Waals surface area contributed by atoms with Crippen LogP contribution < -0.4 is 4.74 Å². The molecule has 1 heterocycles. The molecule has 0 radical (unpaired) electrons. The molecular weight excluding hydrogens is 517 g/mol. The Morgan fingerprint density at radius 2 is 1.67 bits per heavy atom. The number of ether oxygens (including phenoxy) is 1. The van der Waals surface area contributed by atoms with Gasteiger partial charge in [0, 0.05) is 28.2 Å². The highest BCUT2D eigenvalue weighted by Gasteiger charge is 2.35. The van der Waals surface area contributed by atoms with E-state index < -0.39 is 9.84 Å². The molecule has 4 rings (SSSR count). The summed E-state index contributed by atoms with van der Waals surface area (Å²) in [5, 5.41) is 1.13. The van der Waals surface area contributed by atoms with Crippen molar-refractivity contribution in [3.63, 3.8) is 0 Å². The van der Waals surface area contributed by atoms with Crippen molar-refractivity contribution in [2.75, 3.05) is 18.1 Å². The number of benzene rings is 3. The molecule has 0 N–H and O–H groups in total. The molecule has 1 saturated heterocycles. The van der Waals surface area contributed by atoms with E-state index in [-0.39, 0.29) is 30.1 Å². The second-order valence-electron chi connectivity index (χ2n) is 9.42.